The lowest BCUT2D eigenvalue weighted by molar-refractivity contribution is -0.137. The van der Waals surface area contributed by atoms with Crippen LogP contribution in [0.25, 0.3) is 0 Å². The molecule has 7 atom stereocenters. The van der Waals surface area contributed by atoms with Gasteiger partial charge < -0.3 is 10.6 Å². The predicted octanol–water partition coefficient (Wildman–Crippen LogP) is 4.94. The molecule has 0 radical (unpaired) electrons. The average molecular weight is 424 g/mol. The fourth-order valence-electron chi connectivity index (χ4n) is 8.25. The van der Waals surface area contributed by atoms with Gasteiger partial charge in [-0.15, -0.1) is 0 Å². The summed E-state index contributed by atoms with van der Waals surface area (Å²) in [6.07, 6.45) is 14.4. The summed E-state index contributed by atoms with van der Waals surface area (Å²) >= 11 is 0. The molecule has 4 aliphatic rings. The molecule has 4 fully saturated rings. The highest BCUT2D eigenvalue weighted by atomic mass is 16.2. The number of carbonyl (C=O) groups is 2. The van der Waals surface area contributed by atoms with Gasteiger partial charge in [0.1, 0.15) is 0 Å². The molecule has 1 saturated heterocycles. The van der Waals surface area contributed by atoms with E-state index in [1.807, 2.05) is 12.1 Å². The Morgan fingerprint density at radius 1 is 1.06 bits per heavy atom. The van der Waals surface area contributed by atoms with E-state index in [2.05, 4.69) is 29.5 Å². The molecule has 3 aliphatic carbocycles. The first-order chi connectivity index (χ1) is 14.9. The van der Waals surface area contributed by atoms with Crippen molar-refractivity contribution >= 4 is 17.5 Å². The Hall–Kier alpha value is -1.91. The molecule has 2 heterocycles. The van der Waals surface area contributed by atoms with E-state index in [-0.39, 0.29) is 17.2 Å². The number of piperidine rings is 1. The number of rotatable bonds is 4. The van der Waals surface area contributed by atoms with Gasteiger partial charge in [-0.3, -0.25) is 14.6 Å². The molecule has 0 bridgehead atoms. The van der Waals surface area contributed by atoms with E-state index in [4.69, 9.17) is 0 Å². The van der Waals surface area contributed by atoms with E-state index in [1.165, 1.54) is 32.1 Å². The first-order valence-electron chi connectivity index (χ1n) is 12.4. The van der Waals surface area contributed by atoms with Crippen LogP contribution in [0.2, 0.25) is 0 Å². The summed E-state index contributed by atoms with van der Waals surface area (Å²) in [5.41, 5.74) is 1.49. The molecule has 1 aromatic heterocycles. The van der Waals surface area contributed by atoms with Crippen LogP contribution in [0.3, 0.4) is 0 Å². The minimum Gasteiger partial charge on any atom is -0.353 e. The van der Waals surface area contributed by atoms with Gasteiger partial charge in [0, 0.05) is 37.0 Å². The Balaban J connectivity index is 1.24. The largest absolute Gasteiger partial charge is 0.353 e. The second-order valence-electron chi connectivity index (χ2n) is 11.2. The average Bonchev–Trinajstić information content (AvgIpc) is 3.10. The highest BCUT2D eigenvalue weighted by molar-refractivity contribution is 5.90. The van der Waals surface area contributed by atoms with Gasteiger partial charge in [-0.1, -0.05) is 13.8 Å². The van der Waals surface area contributed by atoms with Crippen molar-refractivity contribution in [1.82, 2.24) is 10.3 Å². The second-order valence-corrected chi connectivity index (χ2v) is 11.2. The second kappa shape index (κ2) is 7.90. The molecular formula is C26H37N3O2. The number of hydrogen-bond donors (Lipinski definition) is 2. The first kappa shape index (κ1) is 21.0. The van der Waals surface area contributed by atoms with Gasteiger partial charge in [0.2, 0.25) is 11.8 Å². The molecule has 1 aliphatic heterocycles. The number of amides is 2. The van der Waals surface area contributed by atoms with Crippen molar-refractivity contribution in [2.75, 3.05) is 5.32 Å². The Kier molecular flexibility index (Phi) is 5.34. The van der Waals surface area contributed by atoms with Gasteiger partial charge in [-0.25, -0.2) is 0 Å². The van der Waals surface area contributed by atoms with E-state index in [9.17, 15) is 9.59 Å². The summed E-state index contributed by atoms with van der Waals surface area (Å²) in [6, 6.07) is 4.07. The van der Waals surface area contributed by atoms with Crippen molar-refractivity contribution in [2.24, 2.45) is 34.5 Å². The van der Waals surface area contributed by atoms with Crippen LogP contribution in [0, 0.1) is 34.5 Å². The van der Waals surface area contributed by atoms with Crippen LogP contribution < -0.4 is 10.6 Å². The van der Waals surface area contributed by atoms with E-state index in [0.29, 0.717) is 30.2 Å². The van der Waals surface area contributed by atoms with Crippen LogP contribution in [-0.2, 0) is 9.59 Å². The summed E-state index contributed by atoms with van der Waals surface area (Å²) < 4.78 is 0. The van der Waals surface area contributed by atoms with Crippen LogP contribution in [0.5, 0.6) is 0 Å². The lowest BCUT2D eigenvalue weighted by Crippen LogP contribution is -2.61. The van der Waals surface area contributed by atoms with E-state index in [0.717, 1.165) is 42.7 Å². The standard InChI is InChI=1S/C26H37N3O2/c1-25-13-9-21-19(5-7-22-26(21,2)14-10-24(31)29-22)20(25)6-3-17(25)4-8-23(30)28-18-11-15-27-16-12-18/h11-12,15-17,19-22H,3-10,13-14H2,1-2H3,(H,29,31)(H,27,28,30)/t17-,19+,20+,21+,22?,25-,26-/m1/s1. The smallest absolute Gasteiger partial charge is 0.224 e. The van der Waals surface area contributed by atoms with Crippen molar-refractivity contribution in [2.45, 2.75) is 84.1 Å². The van der Waals surface area contributed by atoms with Crippen LogP contribution in [0.15, 0.2) is 24.5 Å². The third kappa shape index (κ3) is 3.58. The predicted molar refractivity (Wildman–Crippen MR) is 121 cm³/mol. The maximum Gasteiger partial charge on any atom is 0.224 e. The maximum absolute atomic E-state index is 12.5. The van der Waals surface area contributed by atoms with E-state index >= 15 is 0 Å². The minimum atomic E-state index is 0.123. The monoisotopic (exact) mass is 423 g/mol. The number of carbonyl (C=O) groups excluding carboxylic acids is 2. The van der Waals surface area contributed by atoms with Crippen LogP contribution >= 0.6 is 0 Å². The maximum atomic E-state index is 12.5. The molecule has 1 aromatic rings. The molecule has 0 aromatic carbocycles. The Labute approximate surface area is 186 Å². The Morgan fingerprint density at radius 3 is 2.65 bits per heavy atom. The van der Waals surface area contributed by atoms with Crippen molar-refractivity contribution in [3.05, 3.63) is 24.5 Å². The van der Waals surface area contributed by atoms with Gasteiger partial charge in [0.25, 0.3) is 0 Å². The molecule has 5 rings (SSSR count). The lowest BCUT2D eigenvalue weighted by Gasteiger charge is -2.60. The molecule has 31 heavy (non-hydrogen) atoms. The number of aromatic nitrogens is 1. The molecule has 3 saturated carbocycles. The van der Waals surface area contributed by atoms with Crippen molar-refractivity contribution in [1.29, 1.82) is 0 Å². The molecule has 5 heteroatoms. The zero-order valence-corrected chi connectivity index (χ0v) is 19.0. The first-order valence-corrected chi connectivity index (χ1v) is 12.4. The quantitative estimate of drug-likeness (QED) is 0.721. The van der Waals surface area contributed by atoms with Crippen LogP contribution in [0.4, 0.5) is 5.69 Å². The fourth-order valence-corrected chi connectivity index (χ4v) is 8.25. The number of hydrogen-bond acceptors (Lipinski definition) is 3. The van der Waals surface area contributed by atoms with E-state index in [1.54, 1.807) is 12.4 Å². The molecule has 2 N–H and O–H groups in total. The number of nitrogens with one attached hydrogen (secondary N) is 2. The lowest BCUT2D eigenvalue weighted by atomic mass is 9.47. The molecule has 0 spiro atoms. The van der Waals surface area contributed by atoms with Gasteiger partial charge >= 0.3 is 0 Å². The zero-order valence-electron chi connectivity index (χ0n) is 19.0. The summed E-state index contributed by atoms with van der Waals surface area (Å²) in [7, 11) is 0. The summed E-state index contributed by atoms with van der Waals surface area (Å²) in [6.45, 7) is 5.00. The zero-order chi connectivity index (χ0) is 21.6. The highest BCUT2D eigenvalue weighted by Gasteiger charge is 2.60. The number of anilines is 1. The summed E-state index contributed by atoms with van der Waals surface area (Å²) in [4.78, 5) is 28.5. The van der Waals surface area contributed by atoms with Crippen molar-refractivity contribution in [3.63, 3.8) is 0 Å². The van der Waals surface area contributed by atoms with Gasteiger partial charge in [0.05, 0.1) is 0 Å². The number of fused-ring (bicyclic) bond motifs is 5. The Morgan fingerprint density at radius 2 is 1.84 bits per heavy atom. The molecular weight excluding hydrogens is 386 g/mol. The molecule has 2 amide bonds. The third-order valence-electron chi connectivity index (χ3n) is 9.98. The minimum absolute atomic E-state index is 0.123. The normalized spacial score (nSPS) is 41.5. The summed E-state index contributed by atoms with van der Waals surface area (Å²) in [5.74, 6) is 3.36. The number of pyridine rings is 1. The highest BCUT2D eigenvalue weighted by Crippen LogP contribution is 2.66. The van der Waals surface area contributed by atoms with Crippen molar-refractivity contribution < 1.29 is 9.59 Å². The Bertz CT molecular complexity index is 842. The number of nitrogens with zero attached hydrogens (tertiary/aromatic N) is 1. The fraction of sp³-hybridized carbons (Fsp3) is 0.731. The van der Waals surface area contributed by atoms with Gasteiger partial charge in [0.15, 0.2) is 0 Å². The summed E-state index contributed by atoms with van der Waals surface area (Å²) in [5, 5.41) is 6.36. The molecule has 168 valence electrons. The van der Waals surface area contributed by atoms with Gasteiger partial charge in [-0.05, 0) is 98.0 Å². The van der Waals surface area contributed by atoms with Crippen LogP contribution in [-0.4, -0.2) is 22.8 Å². The van der Waals surface area contributed by atoms with Gasteiger partial charge in [-0.2, -0.15) is 0 Å². The topological polar surface area (TPSA) is 71.1 Å². The van der Waals surface area contributed by atoms with E-state index < -0.39 is 0 Å². The van der Waals surface area contributed by atoms with Crippen LogP contribution in [0.1, 0.15) is 78.1 Å². The SMILES string of the molecule is C[C@]12CC[C@H]3[C@@H](CCC4NC(=O)CC[C@@]43C)[C@@H]1CC[C@@H]2CCC(=O)Nc1ccncc1. The molecule has 1 unspecified atom stereocenters. The third-order valence-corrected chi connectivity index (χ3v) is 9.98. The molecule has 5 nitrogen and oxygen atoms in total. The van der Waals surface area contributed by atoms with Crippen molar-refractivity contribution in [3.8, 4) is 0 Å².